The second-order valence-electron chi connectivity index (χ2n) is 2.30. The lowest BCUT2D eigenvalue weighted by Crippen LogP contribution is -2.28. The quantitative estimate of drug-likeness (QED) is 0.723. The smallest absolute Gasteiger partial charge is 0.301 e. The molecule has 0 spiro atoms. The van der Waals surface area contributed by atoms with Gasteiger partial charge in [0.2, 0.25) is 0 Å². The summed E-state index contributed by atoms with van der Waals surface area (Å²) in [5, 5.41) is 3.35. The molecule has 0 unspecified atom stereocenters. The summed E-state index contributed by atoms with van der Waals surface area (Å²) in [4.78, 5) is 0. The predicted molar refractivity (Wildman–Crippen MR) is 42.7 cm³/mol. The second kappa shape index (κ2) is 3.11. The molecule has 0 bridgehead atoms. The molecule has 68 valence electrons. The summed E-state index contributed by atoms with van der Waals surface area (Å²) in [7, 11) is -0.585. The summed E-state index contributed by atoms with van der Waals surface area (Å²) in [6.07, 6.45) is 2.49. The van der Waals surface area contributed by atoms with E-state index in [0.717, 1.165) is 4.31 Å². The Morgan fingerprint density at radius 2 is 2.25 bits per heavy atom. The Kier molecular flexibility index (Phi) is 2.34. The molecule has 0 aliphatic carbocycles. The van der Waals surface area contributed by atoms with E-state index in [4.69, 9.17) is 0 Å². The summed E-state index contributed by atoms with van der Waals surface area (Å²) in [5.41, 5.74) is 0.309. The summed E-state index contributed by atoms with van der Waals surface area (Å²) < 4.78 is 30.0. The molecule has 0 fully saturated rings. The molecule has 0 atom stereocenters. The van der Waals surface area contributed by atoms with Crippen LogP contribution in [-0.4, -0.2) is 32.0 Å². The predicted octanol–water partition coefficient (Wildman–Crippen LogP) is -0.107. The first-order valence-electron chi connectivity index (χ1n) is 3.12. The van der Waals surface area contributed by atoms with Crippen LogP contribution in [0.15, 0.2) is 17.0 Å². The van der Waals surface area contributed by atoms with Gasteiger partial charge in [0.15, 0.2) is 0 Å². The summed E-state index contributed by atoms with van der Waals surface area (Å²) in [6.45, 7) is 0. The molecule has 1 aromatic heterocycles. The Morgan fingerprint density at radius 3 is 2.67 bits per heavy atom. The highest BCUT2D eigenvalue weighted by atomic mass is 32.2. The molecule has 1 rings (SSSR count). The molecule has 0 saturated heterocycles. The number of nitrogens with one attached hydrogen (secondary N) is 1. The summed E-state index contributed by atoms with van der Waals surface area (Å²) in [6, 6.07) is 0. The number of anilines is 1. The fourth-order valence-corrected chi connectivity index (χ4v) is 1.08. The summed E-state index contributed by atoms with van der Waals surface area (Å²) >= 11 is 0. The molecule has 1 aromatic rings. The molecule has 6 nitrogen and oxygen atoms in total. The zero-order valence-corrected chi connectivity index (χ0v) is 7.50. The third-order valence-electron chi connectivity index (χ3n) is 1.16. The van der Waals surface area contributed by atoms with E-state index in [9.17, 15) is 8.42 Å². The van der Waals surface area contributed by atoms with Gasteiger partial charge in [-0.3, -0.25) is 4.72 Å². The molecular weight excluding hydrogens is 182 g/mol. The maximum absolute atomic E-state index is 11.1. The number of aromatic nitrogens is 1. The molecule has 1 N–H and O–H groups in total. The van der Waals surface area contributed by atoms with Gasteiger partial charge in [0.05, 0.1) is 6.20 Å². The minimum Gasteiger partial charge on any atom is -0.362 e. The van der Waals surface area contributed by atoms with E-state index >= 15 is 0 Å². The highest BCUT2D eigenvalue weighted by Crippen LogP contribution is 2.07. The van der Waals surface area contributed by atoms with Crippen molar-refractivity contribution in [2.45, 2.75) is 0 Å². The van der Waals surface area contributed by atoms with Gasteiger partial charge in [0.1, 0.15) is 12.0 Å². The third-order valence-corrected chi connectivity index (χ3v) is 2.61. The van der Waals surface area contributed by atoms with Crippen molar-refractivity contribution in [2.24, 2.45) is 0 Å². The SMILES string of the molecule is CN(C)S(=O)(=O)Nc1cnoc1. The van der Waals surface area contributed by atoms with Gasteiger partial charge in [-0.05, 0) is 0 Å². The molecule has 1 heterocycles. The van der Waals surface area contributed by atoms with E-state index in [1.165, 1.54) is 26.6 Å². The Labute approximate surface area is 70.3 Å². The lowest BCUT2D eigenvalue weighted by atomic mass is 10.6. The number of hydrogen-bond acceptors (Lipinski definition) is 4. The molecule has 0 aliphatic rings. The number of hydrogen-bond donors (Lipinski definition) is 1. The maximum Gasteiger partial charge on any atom is 0.301 e. The van der Waals surface area contributed by atoms with Crippen molar-refractivity contribution in [3.63, 3.8) is 0 Å². The van der Waals surface area contributed by atoms with Crippen LogP contribution in [0.1, 0.15) is 0 Å². The normalized spacial score (nSPS) is 11.9. The number of rotatable bonds is 3. The van der Waals surface area contributed by atoms with E-state index in [2.05, 4.69) is 14.4 Å². The Morgan fingerprint density at radius 1 is 1.58 bits per heavy atom. The maximum atomic E-state index is 11.1. The minimum atomic E-state index is -3.44. The minimum absolute atomic E-state index is 0.309. The third kappa shape index (κ3) is 1.95. The average Bonchev–Trinajstić information content (AvgIpc) is 2.38. The van der Waals surface area contributed by atoms with Crippen LogP contribution in [0.25, 0.3) is 0 Å². The van der Waals surface area contributed by atoms with E-state index in [-0.39, 0.29) is 0 Å². The van der Waals surface area contributed by atoms with Crippen LogP contribution >= 0.6 is 0 Å². The summed E-state index contributed by atoms with van der Waals surface area (Å²) in [5.74, 6) is 0. The Bertz CT molecular complexity index is 329. The van der Waals surface area contributed by atoms with Crippen LogP contribution in [0.3, 0.4) is 0 Å². The van der Waals surface area contributed by atoms with Gasteiger partial charge in [-0.25, -0.2) is 0 Å². The van der Waals surface area contributed by atoms with Crippen molar-refractivity contribution in [3.05, 3.63) is 12.5 Å². The van der Waals surface area contributed by atoms with Crippen LogP contribution in [0.4, 0.5) is 5.69 Å². The topological polar surface area (TPSA) is 75.4 Å². The molecule has 7 heteroatoms. The zero-order valence-electron chi connectivity index (χ0n) is 6.68. The zero-order chi connectivity index (χ0) is 9.19. The molecule has 0 radical (unpaired) electrons. The molecule has 0 amide bonds. The van der Waals surface area contributed by atoms with Gasteiger partial charge in [-0.15, -0.1) is 0 Å². The van der Waals surface area contributed by atoms with Crippen molar-refractivity contribution in [2.75, 3.05) is 18.8 Å². The van der Waals surface area contributed by atoms with Crippen LogP contribution < -0.4 is 4.72 Å². The fourth-order valence-electron chi connectivity index (χ4n) is 0.495. The molecule has 0 aromatic carbocycles. The highest BCUT2D eigenvalue weighted by molar-refractivity contribution is 7.90. The Hall–Kier alpha value is -1.08. The lowest BCUT2D eigenvalue weighted by Gasteiger charge is -2.10. The lowest BCUT2D eigenvalue weighted by molar-refractivity contribution is 0.420. The van der Waals surface area contributed by atoms with Gasteiger partial charge in [-0.2, -0.15) is 12.7 Å². The second-order valence-corrected chi connectivity index (χ2v) is 4.19. The van der Waals surface area contributed by atoms with Crippen molar-refractivity contribution in [3.8, 4) is 0 Å². The Balaban J connectivity index is 2.77. The first-order chi connectivity index (χ1) is 5.52. The van der Waals surface area contributed by atoms with Crippen molar-refractivity contribution < 1.29 is 12.9 Å². The van der Waals surface area contributed by atoms with Crippen LogP contribution in [0, 0.1) is 0 Å². The number of nitrogens with zero attached hydrogens (tertiary/aromatic N) is 2. The molecule has 12 heavy (non-hydrogen) atoms. The van der Waals surface area contributed by atoms with E-state index < -0.39 is 10.2 Å². The van der Waals surface area contributed by atoms with Gasteiger partial charge in [0, 0.05) is 14.1 Å². The fraction of sp³-hybridized carbons (Fsp3) is 0.400. The van der Waals surface area contributed by atoms with Crippen LogP contribution in [0.5, 0.6) is 0 Å². The first-order valence-corrected chi connectivity index (χ1v) is 4.56. The first kappa shape index (κ1) is 9.01. The molecular formula is C5H9N3O3S. The van der Waals surface area contributed by atoms with Gasteiger partial charge < -0.3 is 4.52 Å². The van der Waals surface area contributed by atoms with E-state index in [1.807, 2.05) is 0 Å². The van der Waals surface area contributed by atoms with Crippen LogP contribution in [-0.2, 0) is 10.2 Å². The van der Waals surface area contributed by atoms with E-state index in [0.29, 0.717) is 5.69 Å². The van der Waals surface area contributed by atoms with Crippen molar-refractivity contribution in [1.82, 2.24) is 9.46 Å². The van der Waals surface area contributed by atoms with Crippen molar-refractivity contribution >= 4 is 15.9 Å². The van der Waals surface area contributed by atoms with Crippen LogP contribution in [0.2, 0.25) is 0 Å². The standard InChI is InChI=1S/C5H9N3O3S/c1-8(2)12(9,10)7-5-3-6-11-4-5/h3-4,7H,1-2H3. The van der Waals surface area contributed by atoms with Gasteiger partial charge in [0.25, 0.3) is 0 Å². The van der Waals surface area contributed by atoms with Crippen molar-refractivity contribution in [1.29, 1.82) is 0 Å². The molecule has 0 saturated carbocycles. The molecule has 0 aliphatic heterocycles. The van der Waals surface area contributed by atoms with E-state index in [1.54, 1.807) is 0 Å². The monoisotopic (exact) mass is 191 g/mol. The largest absolute Gasteiger partial charge is 0.362 e. The highest BCUT2D eigenvalue weighted by Gasteiger charge is 2.13. The van der Waals surface area contributed by atoms with Gasteiger partial charge >= 0.3 is 10.2 Å². The average molecular weight is 191 g/mol. The van der Waals surface area contributed by atoms with Gasteiger partial charge in [-0.1, -0.05) is 5.16 Å².